The van der Waals surface area contributed by atoms with Crippen LogP contribution in [0.5, 0.6) is 0 Å². The number of amides is 1. The number of nitrogens with zero attached hydrogens (tertiary/aromatic N) is 6. The molecular weight excluding hydrogens is 312 g/mol. The van der Waals surface area contributed by atoms with Crippen molar-refractivity contribution in [3.8, 4) is 10.6 Å². The average molecular weight is 328 g/mol. The van der Waals surface area contributed by atoms with Crippen molar-refractivity contribution in [3.05, 3.63) is 36.2 Å². The first-order valence-corrected chi connectivity index (χ1v) is 8.29. The molecule has 2 aromatic heterocycles. The number of aromatic nitrogens is 4. The molecule has 1 amide bonds. The number of rotatable bonds is 2. The van der Waals surface area contributed by atoms with Gasteiger partial charge in [0.05, 0.1) is 0 Å². The standard InChI is InChI=1S/C15H16N6OS/c1-19-7-9-20(10-8-19)14(22)12-16-17-15-21(12)18-13(23-15)11-5-3-2-4-6-11/h2-6H,7-10H2,1H3. The molecule has 0 bridgehead atoms. The number of carbonyl (C=O) groups is 1. The van der Waals surface area contributed by atoms with Gasteiger partial charge in [0.15, 0.2) is 0 Å². The van der Waals surface area contributed by atoms with Gasteiger partial charge in [0.25, 0.3) is 5.91 Å². The molecular formula is C15H16N6OS. The van der Waals surface area contributed by atoms with E-state index in [2.05, 4.69) is 27.2 Å². The van der Waals surface area contributed by atoms with E-state index in [0.717, 1.165) is 23.7 Å². The maximum Gasteiger partial charge on any atom is 0.293 e. The van der Waals surface area contributed by atoms with Crippen molar-refractivity contribution in [3.63, 3.8) is 0 Å². The van der Waals surface area contributed by atoms with Gasteiger partial charge in [-0.15, -0.1) is 10.2 Å². The number of hydrogen-bond donors (Lipinski definition) is 0. The van der Waals surface area contributed by atoms with Crippen LogP contribution in [0, 0.1) is 0 Å². The van der Waals surface area contributed by atoms with Crippen LogP contribution >= 0.6 is 11.3 Å². The summed E-state index contributed by atoms with van der Waals surface area (Å²) >= 11 is 1.43. The molecule has 0 aliphatic carbocycles. The number of benzene rings is 1. The highest BCUT2D eigenvalue weighted by atomic mass is 32.1. The Hall–Kier alpha value is -2.32. The Morgan fingerprint density at radius 3 is 2.57 bits per heavy atom. The monoisotopic (exact) mass is 328 g/mol. The molecule has 8 heteroatoms. The summed E-state index contributed by atoms with van der Waals surface area (Å²) in [5, 5.41) is 13.5. The van der Waals surface area contributed by atoms with Crippen LogP contribution in [0.25, 0.3) is 15.5 Å². The van der Waals surface area contributed by atoms with Crippen LogP contribution in [0.3, 0.4) is 0 Å². The van der Waals surface area contributed by atoms with Gasteiger partial charge >= 0.3 is 0 Å². The molecule has 118 valence electrons. The lowest BCUT2D eigenvalue weighted by molar-refractivity contribution is 0.0649. The van der Waals surface area contributed by atoms with Gasteiger partial charge in [-0.25, -0.2) is 0 Å². The van der Waals surface area contributed by atoms with Gasteiger partial charge < -0.3 is 9.80 Å². The van der Waals surface area contributed by atoms with Crippen LogP contribution < -0.4 is 0 Å². The number of carbonyl (C=O) groups excluding carboxylic acids is 1. The molecule has 23 heavy (non-hydrogen) atoms. The highest BCUT2D eigenvalue weighted by molar-refractivity contribution is 7.19. The minimum atomic E-state index is -0.101. The zero-order valence-corrected chi connectivity index (χ0v) is 13.5. The summed E-state index contributed by atoms with van der Waals surface area (Å²) in [4.78, 5) is 17.3. The Bertz CT molecular complexity index is 834. The lowest BCUT2D eigenvalue weighted by Crippen LogP contribution is -2.47. The average Bonchev–Trinajstić information content (AvgIpc) is 3.16. The molecule has 1 aromatic carbocycles. The molecule has 0 radical (unpaired) electrons. The first-order chi connectivity index (χ1) is 11.2. The van der Waals surface area contributed by atoms with Gasteiger partial charge in [0.2, 0.25) is 10.8 Å². The molecule has 1 aliphatic heterocycles. The Labute approximate surface area is 137 Å². The second-order valence-electron chi connectivity index (χ2n) is 5.59. The van der Waals surface area contributed by atoms with Crippen LogP contribution in [-0.4, -0.2) is 68.7 Å². The third-order valence-corrected chi connectivity index (χ3v) is 4.94. The van der Waals surface area contributed by atoms with Crippen LogP contribution in [0.4, 0.5) is 0 Å². The minimum Gasteiger partial charge on any atom is -0.333 e. The quantitative estimate of drug-likeness (QED) is 0.708. The summed E-state index contributed by atoms with van der Waals surface area (Å²) in [6.45, 7) is 3.17. The van der Waals surface area contributed by atoms with Gasteiger partial charge in [-0.1, -0.05) is 41.7 Å². The topological polar surface area (TPSA) is 66.6 Å². The first-order valence-electron chi connectivity index (χ1n) is 7.48. The number of hydrogen-bond acceptors (Lipinski definition) is 6. The predicted octanol–water partition coefficient (Wildman–Crippen LogP) is 1.24. The van der Waals surface area contributed by atoms with Crippen molar-refractivity contribution in [1.82, 2.24) is 29.6 Å². The van der Waals surface area contributed by atoms with E-state index in [1.165, 1.54) is 11.3 Å². The number of piperazine rings is 1. The zero-order chi connectivity index (χ0) is 15.8. The van der Waals surface area contributed by atoms with E-state index < -0.39 is 0 Å². The summed E-state index contributed by atoms with van der Waals surface area (Å²) in [6, 6.07) is 9.88. The molecule has 1 saturated heterocycles. The van der Waals surface area contributed by atoms with Crippen molar-refractivity contribution >= 4 is 22.2 Å². The van der Waals surface area contributed by atoms with Crippen molar-refractivity contribution in [2.24, 2.45) is 0 Å². The zero-order valence-electron chi connectivity index (χ0n) is 12.7. The molecule has 0 unspecified atom stereocenters. The predicted molar refractivity (Wildman–Crippen MR) is 87.5 cm³/mol. The van der Waals surface area contributed by atoms with Crippen LogP contribution in [-0.2, 0) is 0 Å². The summed E-state index contributed by atoms with van der Waals surface area (Å²) in [6.07, 6.45) is 0. The molecule has 0 saturated carbocycles. The summed E-state index contributed by atoms with van der Waals surface area (Å²) in [7, 11) is 2.06. The van der Waals surface area contributed by atoms with Crippen LogP contribution in [0.1, 0.15) is 10.6 Å². The van der Waals surface area contributed by atoms with Gasteiger partial charge in [0.1, 0.15) is 5.01 Å². The SMILES string of the molecule is CN1CCN(C(=O)c2nnc3sc(-c4ccccc4)nn23)CC1. The number of fused-ring (bicyclic) bond motifs is 1. The van der Waals surface area contributed by atoms with E-state index >= 15 is 0 Å². The lowest BCUT2D eigenvalue weighted by Gasteiger charge is -2.31. The molecule has 7 nitrogen and oxygen atoms in total. The maximum atomic E-state index is 12.7. The van der Waals surface area contributed by atoms with Gasteiger partial charge in [-0.2, -0.15) is 9.61 Å². The lowest BCUT2D eigenvalue weighted by atomic mass is 10.2. The molecule has 0 spiro atoms. The summed E-state index contributed by atoms with van der Waals surface area (Å²) in [5.41, 5.74) is 1.01. The third-order valence-electron chi connectivity index (χ3n) is 3.99. The van der Waals surface area contributed by atoms with Crippen molar-refractivity contribution in [2.45, 2.75) is 0 Å². The maximum absolute atomic E-state index is 12.7. The first kappa shape index (κ1) is 14.3. The molecule has 3 heterocycles. The van der Waals surface area contributed by atoms with Crippen molar-refractivity contribution in [2.75, 3.05) is 33.2 Å². The smallest absolute Gasteiger partial charge is 0.293 e. The second-order valence-corrected chi connectivity index (χ2v) is 6.54. The van der Waals surface area contributed by atoms with Crippen molar-refractivity contribution in [1.29, 1.82) is 0 Å². The van der Waals surface area contributed by atoms with Gasteiger partial charge in [0, 0.05) is 31.7 Å². The highest BCUT2D eigenvalue weighted by Crippen LogP contribution is 2.25. The Balaban J connectivity index is 1.66. The Morgan fingerprint density at radius 2 is 1.83 bits per heavy atom. The fraction of sp³-hybridized carbons (Fsp3) is 0.333. The Morgan fingerprint density at radius 1 is 1.09 bits per heavy atom. The van der Waals surface area contributed by atoms with E-state index in [-0.39, 0.29) is 5.91 Å². The van der Waals surface area contributed by atoms with E-state index in [1.807, 2.05) is 35.2 Å². The molecule has 4 rings (SSSR count). The Kier molecular flexibility index (Phi) is 3.55. The summed E-state index contributed by atoms with van der Waals surface area (Å²) in [5.74, 6) is 0.193. The molecule has 3 aromatic rings. The molecule has 1 aliphatic rings. The number of likely N-dealkylation sites (N-methyl/N-ethyl adjacent to an activating group) is 1. The second kappa shape index (κ2) is 5.71. The van der Waals surface area contributed by atoms with Crippen molar-refractivity contribution < 1.29 is 4.79 Å². The highest BCUT2D eigenvalue weighted by Gasteiger charge is 2.26. The van der Waals surface area contributed by atoms with E-state index in [4.69, 9.17) is 0 Å². The van der Waals surface area contributed by atoms with E-state index in [9.17, 15) is 4.79 Å². The largest absolute Gasteiger partial charge is 0.333 e. The molecule has 1 fully saturated rings. The van der Waals surface area contributed by atoms with Gasteiger partial charge in [-0.3, -0.25) is 4.79 Å². The van der Waals surface area contributed by atoms with E-state index in [1.54, 1.807) is 4.52 Å². The summed E-state index contributed by atoms with van der Waals surface area (Å²) < 4.78 is 1.56. The minimum absolute atomic E-state index is 0.101. The van der Waals surface area contributed by atoms with Gasteiger partial charge in [-0.05, 0) is 7.05 Å². The third kappa shape index (κ3) is 2.60. The van der Waals surface area contributed by atoms with E-state index in [0.29, 0.717) is 23.9 Å². The fourth-order valence-corrected chi connectivity index (χ4v) is 3.44. The molecule has 0 atom stereocenters. The normalized spacial score (nSPS) is 16.1. The van der Waals surface area contributed by atoms with Crippen LogP contribution in [0.15, 0.2) is 30.3 Å². The fourth-order valence-electron chi connectivity index (χ4n) is 2.60. The molecule has 0 N–H and O–H groups in total. The van der Waals surface area contributed by atoms with Crippen LogP contribution in [0.2, 0.25) is 0 Å².